The van der Waals surface area contributed by atoms with Gasteiger partial charge in [0, 0.05) is 12.1 Å². The summed E-state index contributed by atoms with van der Waals surface area (Å²) in [5.74, 6) is 1.06. The Morgan fingerprint density at radius 1 is 1.11 bits per heavy atom. The van der Waals surface area contributed by atoms with Crippen LogP contribution >= 0.6 is 0 Å². The minimum atomic E-state index is 0.339. The molecule has 0 aliphatic heterocycles. The fraction of sp³-hybridized carbons (Fsp3) is 0.625. The molecule has 1 aromatic rings. The second kappa shape index (κ2) is 6.79. The molecule has 0 saturated carbocycles. The molecule has 2 unspecified atom stereocenters. The molecule has 0 heterocycles. The van der Waals surface area contributed by atoms with Crippen LogP contribution in [0.4, 0.5) is 0 Å². The molecule has 0 radical (unpaired) electrons. The zero-order chi connectivity index (χ0) is 13.7. The molecule has 2 heteroatoms. The number of phenolic OH excluding ortho intramolecular Hbond substituents is 1. The van der Waals surface area contributed by atoms with Crippen LogP contribution in [0.5, 0.6) is 5.75 Å². The van der Waals surface area contributed by atoms with E-state index in [9.17, 15) is 5.11 Å². The molecule has 0 aliphatic rings. The molecule has 2 nitrogen and oxygen atoms in total. The lowest BCUT2D eigenvalue weighted by Gasteiger charge is -2.34. The maximum atomic E-state index is 9.36. The standard InChI is InChI=1S/C16H27NO/c1-6-16(14-7-9-15(18)10-8-14)17(5)13(4)11-12(2)3/h7-10,12-13,16,18H,6,11H2,1-5H3. The Morgan fingerprint density at radius 2 is 1.67 bits per heavy atom. The van der Waals surface area contributed by atoms with Crippen LogP contribution in [-0.4, -0.2) is 23.1 Å². The molecule has 0 spiro atoms. The summed E-state index contributed by atoms with van der Waals surface area (Å²) in [7, 11) is 2.20. The summed E-state index contributed by atoms with van der Waals surface area (Å²) in [6.07, 6.45) is 2.30. The number of aromatic hydroxyl groups is 1. The fourth-order valence-corrected chi connectivity index (χ4v) is 2.61. The molecule has 0 aliphatic carbocycles. The smallest absolute Gasteiger partial charge is 0.115 e. The summed E-state index contributed by atoms with van der Waals surface area (Å²) in [5, 5.41) is 9.36. The van der Waals surface area contributed by atoms with Gasteiger partial charge in [-0.25, -0.2) is 0 Å². The number of hydrogen-bond acceptors (Lipinski definition) is 2. The average molecular weight is 249 g/mol. The molecule has 0 amide bonds. The van der Waals surface area contributed by atoms with Gasteiger partial charge >= 0.3 is 0 Å². The summed E-state index contributed by atoms with van der Waals surface area (Å²) in [6.45, 7) is 9.05. The van der Waals surface area contributed by atoms with Crippen molar-refractivity contribution in [3.63, 3.8) is 0 Å². The van der Waals surface area contributed by atoms with Crippen LogP contribution in [0.1, 0.15) is 52.1 Å². The highest BCUT2D eigenvalue weighted by molar-refractivity contribution is 5.28. The van der Waals surface area contributed by atoms with E-state index in [1.807, 2.05) is 12.1 Å². The molecule has 0 bridgehead atoms. The monoisotopic (exact) mass is 249 g/mol. The van der Waals surface area contributed by atoms with Crippen LogP contribution < -0.4 is 0 Å². The first-order valence-corrected chi connectivity index (χ1v) is 6.96. The van der Waals surface area contributed by atoms with E-state index in [-0.39, 0.29) is 0 Å². The first-order chi connectivity index (χ1) is 8.45. The van der Waals surface area contributed by atoms with E-state index >= 15 is 0 Å². The quantitative estimate of drug-likeness (QED) is 0.816. The van der Waals surface area contributed by atoms with Gasteiger partial charge in [-0.05, 0) is 50.4 Å². The van der Waals surface area contributed by atoms with E-state index in [0.29, 0.717) is 17.8 Å². The van der Waals surface area contributed by atoms with Crippen LogP contribution in [0, 0.1) is 5.92 Å². The van der Waals surface area contributed by atoms with Crippen molar-refractivity contribution in [2.24, 2.45) is 5.92 Å². The summed E-state index contributed by atoms with van der Waals surface area (Å²) in [6, 6.07) is 8.62. The number of benzene rings is 1. The zero-order valence-corrected chi connectivity index (χ0v) is 12.4. The van der Waals surface area contributed by atoms with Crippen molar-refractivity contribution >= 4 is 0 Å². The van der Waals surface area contributed by atoms with Crippen molar-refractivity contribution in [1.82, 2.24) is 4.90 Å². The molecule has 102 valence electrons. The Hall–Kier alpha value is -1.02. The Morgan fingerprint density at radius 3 is 2.11 bits per heavy atom. The van der Waals surface area contributed by atoms with Gasteiger partial charge in [-0.2, -0.15) is 0 Å². The van der Waals surface area contributed by atoms with Gasteiger partial charge in [0.05, 0.1) is 0 Å². The predicted octanol–water partition coefficient (Wildman–Crippen LogP) is 4.21. The highest BCUT2D eigenvalue weighted by atomic mass is 16.3. The summed E-state index contributed by atoms with van der Waals surface area (Å²) >= 11 is 0. The SMILES string of the molecule is CCC(c1ccc(O)cc1)N(C)C(C)CC(C)C. The summed E-state index contributed by atoms with van der Waals surface area (Å²) in [4.78, 5) is 2.45. The van der Waals surface area contributed by atoms with E-state index in [1.165, 1.54) is 12.0 Å². The number of phenols is 1. The van der Waals surface area contributed by atoms with Crippen LogP contribution in [0.2, 0.25) is 0 Å². The van der Waals surface area contributed by atoms with Gasteiger partial charge in [-0.1, -0.05) is 32.9 Å². The summed E-state index contributed by atoms with van der Waals surface area (Å²) < 4.78 is 0. The highest BCUT2D eigenvalue weighted by Crippen LogP contribution is 2.27. The average Bonchev–Trinajstić information content (AvgIpc) is 2.31. The van der Waals surface area contributed by atoms with Crippen molar-refractivity contribution in [2.45, 2.75) is 52.6 Å². The lowest BCUT2D eigenvalue weighted by Crippen LogP contribution is -2.33. The first-order valence-electron chi connectivity index (χ1n) is 6.96. The van der Waals surface area contributed by atoms with Crippen LogP contribution in [0.25, 0.3) is 0 Å². The molecular formula is C16H27NO. The molecule has 0 aromatic heterocycles. The molecule has 18 heavy (non-hydrogen) atoms. The first kappa shape index (κ1) is 15.0. The van der Waals surface area contributed by atoms with Gasteiger partial charge in [0.25, 0.3) is 0 Å². The molecule has 0 fully saturated rings. The van der Waals surface area contributed by atoms with Crippen LogP contribution in [0.15, 0.2) is 24.3 Å². The third kappa shape index (κ3) is 4.02. The lowest BCUT2D eigenvalue weighted by molar-refractivity contribution is 0.160. The van der Waals surface area contributed by atoms with Gasteiger partial charge in [0.1, 0.15) is 5.75 Å². The molecule has 1 aromatic carbocycles. The lowest BCUT2D eigenvalue weighted by atomic mass is 9.98. The third-order valence-electron chi connectivity index (χ3n) is 3.66. The Balaban J connectivity index is 2.79. The van der Waals surface area contributed by atoms with Gasteiger partial charge in [-0.15, -0.1) is 0 Å². The predicted molar refractivity (Wildman–Crippen MR) is 77.8 cm³/mol. The van der Waals surface area contributed by atoms with Crippen molar-refractivity contribution in [1.29, 1.82) is 0 Å². The van der Waals surface area contributed by atoms with Crippen molar-refractivity contribution in [3.05, 3.63) is 29.8 Å². The van der Waals surface area contributed by atoms with E-state index in [2.05, 4.69) is 39.6 Å². The van der Waals surface area contributed by atoms with Gasteiger partial charge in [0.2, 0.25) is 0 Å². The largest absolute Gasteiger partial charge is 0.508 e. The van der Waals surface area contributed by atoms with E-state index in [4.69, 9.17) is 0 Å². The topological polar surface area (TPSA) is 23.5 Å². The van der Waals surface area contributed by atoms with Crippen molar-refractivity contribution < 1.29 is 5.11 Å². The van der Waals surface area contributed by atoms with E-state index in [0.717, 1.165) is 12.3 Å². The molecule has 1 rings (SSSR count). The normalized spacial score (nSPS) is 15.1. The molecule has 1 N–H and O–H groups in total. The summed E-state index contributed by atoms with van der Waals surface area (Å²) in [5.41, 5.74) is 1.29. The van der Waals surface area contributed by atoms with E-state index < -0.39 is 0 Å². The fourth-order valence-electron chi connectivity index (χ4n) is 2.61. The van der Waals surface area contributed by atoms with Gasteiger partial charge < -0.3 is 5.11 Å². The second-order valence-corrected chi connectivity index (χ2v) is 5.66. The Labute approximate surface area is 112 Å². The van der Waals surface area contributed by atoms with Crippen molar-refractivity contribution in [3.8, 4) is 5.75 Å². The maximum Gasteiger partial charge on any atom is 0.115 e. The van der Waals surface area contributed by atoms with Crippen LogP contribution in [-0.2, 0) is 0 Å². The van der Waals surface area contributed by atoms with Gasteiger partial charge in [-0.3, -0.25) is 4.90 Å². The minimum absolute atomic E-state index is 0.339. The van der Waals surface area contributed by atoms with Gasteiger partial charge in [0.15, 0.2) is 0 Å². The zero-order valence-electron chi connectivity index (χ0n) is 12.4. The number of rotatable bonds is 6. The number of hydrogen-bond donors (Lipinski definition) is 1. The minimum Gasteiger partial charge on any atom is -0.508 e. The second-order valence-electron chi connectivity index (χ2n) is 5.66. The molecular weight excluding hydrogens is 222 g/mol. The Bertz CT molecular complexity index is 345. The van der Waals surface area contributed by atoms with E-state index in [1.54, 1.807) is 12.1 Å². The van der Waals surface area contributed by atoms with Crippen LogP contribution in [0.3, 0.4) is 0 Å². The number of nitrogens with zero attached hydrogens (tertiary/aromatic N) is 1. The van der Waals surface area contributed by atoms with Crippen molar-refractivity contribution in [2.75, 3.05) is 7.05 Å². The highest BCUT2D eigenvalue weighted by Gasteiger charge is 2.20. The molecule has 2 atom stereocenters. The third-order valence-corrected chi connectivity index (χ3v) is 3.66. The molecule has 0 saturated heterocycles. The maximum absolute atomic E-state index is 9.36. The Kier molecular flexibility index (Phi) is 5.67.